The molecule has 0 saturated carbocycles. The van der Waals surface area contributed by atoms with Crippen LogP contribution in [0, 0.1) is 13.8 Å². The van der Waals surface area contributed by atoms with Crippen molar-refractivity contribution in [1.82, 2.24) is 15.1 Å². The predicted molar refractivity (Wildman–Crippen MR) is 117 cm³/mol. The summed E-state index contributed by atoms with van der Waals surface area (Å²) < 4.78 is 7.80. The zero-order valence-corrected chi connectivity index (χ0v) is 17.3. The molecule has 0 spiro atoms. The van der Waals surface area contributed by atoms with Crippen molar-refractivity contribution in [3.63, 3.8) is 0 Å². The van der Waals surface area contributed by atoms with E-state index in [-0.39, 0.29) is 5.91 Å². The molecule has 5 heteroatoms. The van der Waals surface area contributed by atoms with Gasteiger partial charge in [-0.15, -0.1) is 0 Å². The first-order valence-corrected chi connectivity index (χ1v) is 10.1. The van der Waals surface area contributed by atoms with Crippen molar-refractivity contribution >= 4 is 5.91 Å². The van der Waals surface area contributed by atoms with E-state index in [1.54, 1.807) is 0 Å². The number of aryl methyl sites for hydroxylation is 2. The summed E-state index contributed by atoms with van der Waals surface area (Å²) in [5, 5.41) is 7.65. The first-order valence-electron chi connectivity index (χ1n) is 10.1. The standard InChI is InChI=1S/C25H25N3O2/c1-18-23(19(2)28(27-18)21-11-7-4-8-12-21)17-26-25(29)16-14-22-13-15-24(30-22)20-9-5-3-6-10-20/h3-13,15H,14,16-17H2,1-2H3,(H,26,29). The molecule has 0 aliphatic rings. The van der Waals surface area contributed by atoms with Gasteiger partial charge in [-0.1, -0.05) is 48.5 Å². The third kappa shape index (κ3) is 4.35. The molecule has 0 aliphatic heterocycles. The second-order valence-corrected chi connectivity index (χ2v) is 7.31. The highest BCUT2D eigenvalue weighted by Gasteiger charge is 2.14. The van der Waals surface area contributed by atoms with Gasteiger partial charge in [0.1, 0.15) is 11.5 Å². The van der Waals surface area contributed by atoms with Gasteiger partial charge < -0.3 is 9.73 Å². The summed E-state index contributed by atoms with van der Waals surface area (Å²) in [6.07, 6.45) is 0.951. The second kappa shape index (κ2) is 8.82. The fourth-order valence-corrected chi connectivity index (χ4v) is 3.53. The fourth-order valence-electron chi connectivity index (χ4n) is 3.53. The van der Waals surface area contributed by atoms with Gasteiger partial charge in [0.05, 0.1) is 11.4 Å². The molecule has 2 heterocycles. The quantitative estimate of drug-likeness (QED) is 0.476. The number of aromatic nitrogens is 2. The highest BCUT2D eigenvalue weighted by atomic mass is 16.3. The topological polar surface area (TPSA) is 60.1 Å². The maximum atomic E-state index is 12.4. The van der Waals surface area contributed by atoms with Gasteiger partial charge in [-0.25, -0.2) is 4.68 Å². The summed E-state index contributed by atoms with van der Waals surface area (Å²) >= 11 is 0. The maximum Gasteiger partial charge on any atom is 0.220 e. The molecule has 1 N–H and O–H groups in total. The number of benzene rings is 2. The number of hydrogen-bond acceptors (Lipinski definition) is 3. The minimum Gasteiger partial charge on any atom is -0.461 e. The maximum absolute atomic E-state index is 12.4. The first-order chi connectivity index (χ1) is 14.6. The number of hydrogen-bond donors (Lipinski definition) is 1. The molecule has 0 unspecified atom stereocenters. The van der Waals surface area contributed by atoms with Crippen molar-refractivity contribution in [2.45, 2.75) is 33.2 Å². The summed E-state index contributed by atoms with van der Waals surface area (Å²) in [6.45, 7) is 4.47. The molecule has 0 radical (unpaired) electrons. The van der Waals surface area contributed by atoms with Gasteiger partial charge in [0.25, 0.3) is 0 Å². The smallest absolute Gasteiger partial charge is 0.220 e. The number of para-hydroxylation sites is 1. The van der Waals surface area contributed by atoms with Crippen LogP contribution >= 0.6 is 0 Å². The van der Waals surface area contributed by atoms with Crippen LogP contribution in [0.15, 0.2) is 77.2 Å². The van der Waals surface area contributed by atoms with Crippen LogP contribution < -0.4 is 5.32 Å². The average Bonchev–Trinajstić information content (AvgIpc) is 3.37. The predicted octanol–water partition coefficient (Wildman–Crippen LogP) is 5.00. The van der Waals surface area contributed by atoms with Gasteiger partial charge in [0, 0.05) is 36.2 Å². The Kier molecular flexibility index (Phi) is 5.80. The Labute approximate surface area is 176 Å². The molecule has 0 atom stereocenters. The van der Waals surface area contributed by atoms with E-state index in [4.69, 9.17) is 4.42 Å². The van der Waals surface area contributed by atoms with Crippen molar-refractivity contribution in [1.29, 1.82) is 0 Å². The fraction of sp³-hybridized carbons (Fsp3) is 0.200. The minimum atomic E-state index is -0.000998. The van der Waals surface area contributed by atoms with Crippen molar-refractivity contribution < 1.29 is 9.21 Å². The second-order valence-electron chi connectivity index (χ2n) is 7.31. The minimum absolute atomic E-state index is 0.000998. The van der Waals surface area contributed by atoms with Gasteiger partial charge in [0.2, 0.25) is 5.91 Å². The Morgan fingerprint density at radius 1 is 0.967 bits per heavy atom. The van der Waals surface area contributed by atoms with E-state index < -0.39 is 0 Å². The normalized spacial score (nSPS) is 10.9. The van der Waals surface area contributed by atoms with E-state index in [0.29, 0.717) is 19.4 Å². The van der Waals surface area contributed by atoms with E-state index in [1.165, 1.54) is 0 Å². The zero-order chi connectivity index (χ0) is 20.9. The Morgan fingerprint density at radius 3 is 2.40 bits per heavy atom. The number of furan rings is 1. The lowest BCUT2D eigenvalue weighted by Gasteiger charge is -2.07. The van der Waals surface area contributed by atoms with E-state index >= 15 is 0 Å². The molecule has 0 aliphatic carbocycles. The molecule has 0 fully saturated rings. The molecule has 5 nitrogen and oxygen atoms in total. The Morgan fingerprint density at radius 2 is 1.67 bits per heavy atom. The van der Waals surface area contributed by atoms with Crippen molar-refractivity contribution in [3.05, 3.63) is 95.5 Å². The van der Waals surface area contributed by atoms with Crippen LogP contribution in [-0.4, -0.2) is 15.7 Å². The lowest BCUT2D eigenvalue weighted by molar-refractivity contribution is -0.121. The molecule has 4 rings (SSSR count). The summed E-state index contributed by atoms with van der Waals surface area (Å²) in [5.74, 6) is 1.64. The third-order valence-electron chi connectivity index (χ3n) is 5.22. The van der Waals surface area contributed by atoms with Crippen LogP contribution in [0.3, 0.4) is 0 Å². The van der Waals surface area contributed by atoms with Gasteiger partial charge in [0.15, 0.2) is 0 Å². The van der Waals surface area contributed by atoms with E-state index in [0.717, 1.165) is 39.7 Å². The number of carbonyl (C=O) groups is 1. The van der Waals surface area contributed by atoms with Crippen LogP contribution in [0.1, 0.15) is 29.1 Å². The SMILES string of the molecule is Cc1nn(-c2ccccc2)c(C)c1CNC(=O)CCc1ccc(-c2ccccc2)o1. The molecule has 0 bridgehead atoms. The molecular weight excluding hydrogens is 374 g/mol. The number of nitrogens with one attached hydrogen (secondary N) is 1. The highest BCUT2D eigenvalue weighted by molar-refractivity contribution is 5.76. The molecule has 152 valence electrons. The molecule has 0 saturated heterocycles. The first kappa shape index (κ1) is 19.7. The van der Waals surface area contributed by atoms with Gasteiger partial charge >= 0.3 is 0 Å². The zero-order valence-electron chi connectivity index (χ0n) is 17.3. The van der Waals surface area contributed by atoms with Crippen LogP contribution in [0.2, 0.25) is 0 Å². The molecule has 2 aromatic carbocycles. The van der Waals surface area contributed by atoms with E-state index in [2.05, 4.69) is 10.4 Å². The summed E-state index contributed by atoms with van der Waals surface area (Å²) in [4.78, 5) is 12.4. The highest BCUT2D eigenvalue weighted by Crippen LogP contribution is 2.22. The molecular formula is C25H25N3O2. The summed E-state index contributed by atoms with van der Waals surface area (Å²) in [7, 11) is 0. The van der Waals surface area contributed by atoms with Gasteiger partial charge in [-0.3, -0.25) is 4.79 Å². The lowest BCUT2D eigenvalue weighted by atomic mass is 10.2. The average molecular weight is 399 g/mol. The molecule has 30 heavy (non-hydrogen) atoms. The van der Waals surface area contributed by atoms with Crippen LogP contribution in [-0.2, 0) is 17.8 Å². The van der Waals surface area contributed by atoms with Crippen LogP contribution in [0.25, 0.3) is 17.0 Å². The lowest BCUT2D eigenvalue weighted by Crippen LogP contribution is -2.23. The van der Waals surface area contributed by atoms with Gasteiger partial charge in [-0.2, -0.15) is 5.10 Å². The molecule has 4 aromatic rings. The molecule has 1 amide bonds. The third-order valence-corrected chi connectivity index (χ3v) is 5.22. The van der Waals surface area contributed by atoms with E-state index in [9.17, 15) is 4.79 Å². The number of amides is 1. The number of carbonyl (C=O) groups excluding carboxylic acids is 1. The van der Waals surface area contributed by atoms with Crippen LogP contribution in [0.5, 0.6) is 0 Å². The monoisotopic (exact) mass is 399 g/mol. The van der Waals surface area contributed by atoms with Crippen molar-refractivity contribution in [2.24, 2.45) is 0 Å². The molecule has 2 aromatic heterocycles. The van der Waals surface area contributed by atoms with Gasteiger partial charge in [-0.05, 0) is 38.1 Å². The largest absolute Gasteiger partial charge is 0.461 e. The Hall–Kier alpha value is -3.60. The Bertz CT molecular complexity index is 1130. The van der Waals surface area contributed by atoms with Crippen molar-refractivity contribution in [2.75, 3.05) is 0 Å². The summed E-state index contributed by atoms with van der Waals surface area (Å²) in [5.41, 5.74) is 5.07. The summed E-state index contributed by atoms with van der Waals surface area (Å²) in [6, 6.07) is 23.9. The van der Waals surface area contributed by atoms with Crippen molar-refractivity contribution in [3.8, 4) is 17.0 Å². The Balaban J connectivity index is 1.34. The number of rotatable bonds is 7. The van der Waals surface area contributed by atoms with E-state index in [1.807, 2.05) is 91.3 Å². The van der Waals surface area contributed by atoms with Crippen LogP contribution in [0.4, 0.5) is 0 Å². The number of nitrogens with zero attached hydrogens (tertiary/aromatic N) is 2.